The summed E-state index contributed by atoms with van der Waals surface area (Å²) in [6, 6.07) is 11.2. The number of halogens is 1. The third-order valence-corrected chi connectivity index (χ3v) is 4.92. The van der Waals surface area contributed by atoms with Crippen LogP contribution in [0.1, 0.15) is 38.9 Å². The minimum Gasteiger partial charge on any atom is -0.357 e. The summed E-state index contributed by atoms with van der Waals surface area (Å²) in [6.07, 6.45) is 0.795. The Balaban J connectivity index is 0.00000450. The highest BCUT2D eigenvalue weighted by molar-refractivity contribution is 14.0. The van der Waals surface area contributed by atoms with E-state index in [1.165, 1.54) is 11.3 Å². The molecule has 1 aromatic carbocycles. The zero-order valence-electron chi connectivity index (χ0n) is 17.6. The zero-order valence-corrected chi connectivity index (χ0v) is 20.8. The number of hydrogen-bond donors (Lipinski definition) is 3. The summed E-state index contributed by atoms with van der Waals surface area (Å²) in [5.41, 5.74) is 1.69. The number of hydrogen-bond acceptors (Lipinski definition) is 4. The van der Waals surface area contributed by atoms with E-state index in [1.807, 2.05) is 48.7 Å². The summed E-state index contributed by atoms with van der Waals surface area (Å²) in [7, 11) is 3.48. The van der Waals surface area contributed by atoms with Gasteiger partial charge in [0.2, 0.25) is 0 Å². The van der Waals surface area contributed by atoms with Gasteiger partial charge in [-0.2, -0.15) is 0 Å². The van der Waals surface area contributed by atoms with E-state index in [-0.39, 0.29) is 35.8 Å². The first-order chi connectivity index (χ1) is 14.0. The fraction of sp³-hybridized carbons (Fsp3) is 0.381. The van der Waals surface area contributed by atoms with Crippen LogP contribution >= 0.6 is 35.3 Å². The smallest absolute Gasteiger partial charge is 0.261 e. The number of nitrogens with one attached hydrogen (secondary N) is 3. The number of nitrogens with zero attached hydrogens (tertiary/aromatic N) is 2. The summed E-state index contributed by atoms with van der Waals surface area (Å²) in [6.45, 7) is 4.59. The first-order valence-electron chi connectivity index (χ1n) is 9.65. The number of carbonyl (C=O) groups excluding carboxylic acids is 2. The third kappa shape index (κ3) is 8.70. The van der Waals surface area contributed by atoms with Crippen LogP contribution in [0.4, 0.5) is 0 Å². The Bertz CT molecular complexity index is 807. The average molecular weight is 543 g/mol. The van der Waals surface area contributed by atoms with E-state index in [1.54, 1.807) is 19.0 Å². The highest BCUT2D eigenvalue weighted by Crippen LogP contribution is 2.08. The van der Waals surface area contributed by atoms with Crippen molar-refractivity contribution in [2.45, 2.75) is 19.9 Å². The van der Waals surface area contributed by atoms with Gasteiger partial charge in [0.15, 0.2) is 5.96 Å². The topological polar surface area (TPSA) is 85.8 Å². The Kier molecular flexibility index (Phi) is 12.1. The van der Waals surface area contributed by atoms with E-state index in [9.17, 15) is 9.59 Å². The van der Waals surface area contributed by atoms with E-state index >= 15 is 0 Å². The highest BCUT2D eigenvalue weighted by atomic mass is 127. The van der Waals surface area contributed by atoms with Crippen LogP contribution in [0.25, 0.3) is 0 Å². The molecule has 1 aromatic heterocycles. The Labute approximate surface area is 199 Å². The second-order valence-corrected chi connectivity index (χ2v) is 7.55. The molecule has 0 radical (unpaired) electrons. The molecule has 9 heteroatoms. The minimum atomic E-state index is -0.0308. The van der Waals surface area contributed by atoms with Gasteiger partial charge in [-0.3, -0.25) is 9.59 Å². The number of aliphatic imine (C=N–C) groups is 1. The largest absolute Gasteiger partial charge is 0.357 e. The van der Waals surface area contributed by atoms with Crippen LogP contribution in [-0.4, -0.2) is 56.4 Å². The molecular formula is C21H30IN5O2S. The molecule has 0 saturated heterocycles. The van der Waals surface area contributed by atoms with Crippen LogP contribution in [0.15, 0.2) is 46.8 Å². The van der Waals surface area contributed by atoms with Crippen LogP contribution in [0.3, 0.4) is 0 Å². The summed E-state index contributed by atoms with van der Waals surface area (Å²) in [5, 5.41) is 11.3. The van der Waals surface area contributed by atoms with Crippen LogP contribution in [0.2, 0.25) is 0 Å². The normalized spacial score (nSPS) is 10.7. The van der Waals surface area contributed by atoms with E-state index in [0.29, 0.717) is 25.2 Å². The number of amides is 2. The molecule has 0 spiro atoms. The third-order valence-electron chi connectivity index (χ3n) is 4.05. The van der Waals surface area contributed by atoms with Gasteiger partial charge in [-0.1, -0.05) is 18.2 Å². The van der Waals surface area contributed by atoms with Crippen molar-refractivity contribution in [2.24, 2.45) is 4.99 Å². The first kappa shape index (κ1) is 25.9. The van der Waals surface area contributed by atoms with Gasteiger partial charge in [0.05, 0.1) is 11.4 Å². The van der Waals surface area contributed by atoms with Crippen molar-refractivity contribution < 1.29 is 9.59 Å². The number of thiophene rings is 1. The lowest BCUT2D eigenvalue weighted by molar-refractivity contribution is 0.0827. The fourth-order valence-corrected chi connectivity index (χ4v) is 3.16. The van der Waals surface area contributed by atoms with Gasteiger partial charge in [-0.25, -0.2) is 4.99 Å². The lowest BCUT2D eigenvalue weighted by Crippen LogP contribution is -2.38. The monoisotopic (exact) mass is 543 g/mol. The predicted octanol–water partition coefficient (Wildman–Crippen LogP) is 2.94. The molecule has 0 atom stereocenters. The summed E-state index contributed by atoms with van der Waals surface area (Å²) in [5.74, 6) is 0.684. The lowest BCUT2D eigenvalue weighted by Gasteiger charge is -2.12. The predicted molar refractivity (Wildman–Crippen MR) is 134 cm³/mol. The second kappa shape index (κ2) is 14.0. The quantitative estimate of drug-likeness (QED) is 0.197. The zero-order chi connectivity index (χ0) is 21.1. The van der Waals surface area contributed by atoms with Gasteiger partial charge in [0, 0.05) is 39.3 Å². The second-order valence-electron chi connectivity index (χ2n) is 6.61. The minimum absolute atomic E-state index is 0. The molecule has 0 unspecified atom stereocenters. The number of guanidine groups is 1. The fourth-order valence-electron chi connectivity index (χ4n) is 2.51. The summed E-state index contributed by atoms with van der Waals surface area (Å²) in [4.78, 5) is 30.7. The van der Waals surface area contributed by atoms with Gasteiger partial charge in [-0.15, -0.1) is 35.3 Å². The van der Waals surface area contributed by atoms with Crippen LogP contribution < -0.4 is 16.0 Å². The standard InChI is InChI=1S/C21H29N5O2S.HI/c1-4-22-21(24-13-6-12-23-19(27)18-7-5-14-29-18)25-15-16-8-10-17(11-9-16)20(28)26(2)3;/h5,7-11,14H,4,6,12-13,15H2,1-3H3,(H,23,27)(H2,22,24,25);1H. The molecule has 1 heterocycles. The van der Waals surface area contributed by atoms with E-state index in [2.05, 4.69) is 20.9 Å². The highest BCUT2D eigenvalue weighted by Gasteiger charge is 2.07. The molecule has 0 saturated carbocycles. The van der Waals surface area contributed by atoms with Gasteiger partial charge in [0.25, 0.3) is 11.8 Å². The van der Waals surface area contributed by atoms with E-state index in [0.717, 1.165) is 29.4 Å². The van der Waals surface area contributed by atoms with Crippen molar-refractivity contribution in [1.82, 2.24) is 20.9 Å². The maximum atomic E-state index is 11.9. The van der Waals surface area contributed by atoms with Crippen molar-refractivity contribution in [3.05, 3.63) is 57.8 Å². The molecule has 7 nitrogen and oxygen atoms in total. The van der Waals surface area contributed by atoms with Crippen LogP contribution in [-0.2, 0) is 6.54 Å². The molecule has 2 amide bonds. The Hall–Kier alpha value is -2.14. The van der Waals surface area contributed by atoms with Gasteiger partial charge < -0.3 is 20.9 Å². The molecule has 0 aliphatic rings. The molecule has 0 aliphatic heterocycles. The maximum Gasteiger partial charge on any atom is 0.261 e. The van der Waals surface area contributed by atoms with Crippen molar-refractivity contribution in [3.63, 3.8) is 0 Å². The molecule has 2 rings (SSSR count). The first-order valence-corrected chi connectivity index (χ1v) is 10.5. The molecule has 2 aromatic rings. The molecule has 0 aliphatic carbocycles. The number of carbonyl (C=O) groups is 2. The number of rotatable bonds is 9. The summed E-state index contributed by atoms with van der Waals surface area (Å²) < 4.78 is 0. The summed E-state index contributed by atoms with van der Waals surface area (Å²) >= 11 is 1.44. The van der Waals surface area contributed by atoms with E-state index < -0.39 is 0 Å². The van der Waals surface area contributed by atoms with Crippen LogP contribution in [0, 0.1) is 0 Å². The maximum absolute atomic E-state index is 11.9. The molecule has 30 heavy (non-hydrogen) atoms. The number of benzene rings is 1. The van der Waals surface area contributed by atoms with Gasteiger partial charge in [-0.05, 0) is 42.5 Å². The Morgan fingerprint density at radius 1 is 1.03 bits per heavy atom. The van der Waals surface area contributed by atoms with Crippen molar-refractivity contribution in [1.29, 1.82) is 0 Å². The average Bonchev–Trinajstić information content (AvgIpc) is 3.26. The SMILES string of the molecule is CCNC(=NCc1ccc(C(=O)N(C)C)cc1)NCCCNC(=O)c1cccs1.I. The van der Waals surface area contributed by atoms with Crippen LogP contribution in [0.5, 0.6) is 0 Å². The van der Waals surface area contributed by atoms with Gasteiger partial charge in [0.1, 0.15) is 0 Å². The molecular weight excluding hydrogens is 513 g/mol. The lowest BCUT2D eigenvalue weighted by atomic mass is 10.1. The van der Waals surface area contributed by atoms with Gasteiger partial charge >= 0.3 is 0 Å². The van der Waals surface area contributed by atoms with E-state index in [4.69, 9.17) is 0 Å². The Morgan fingerprint density at radius 2 is 1.73 bits per heavy atom. The van der Waals surface area contributed by atoms with Crippen molar-refractivity contribution in [2.75, 3.05) is 33.7 Å². The Morgan fingerprint density at radius 3 is 2.33 bits per heavy atom. The van der Waals surface area contributed by atoms with Crippen molar-refractivity contribution >= 4 is 53.1 Å². The molecule has 3 N–H and O–H groups in total. The van der Waals surface area contributed by atoms with Crippen molar-refractivity contribution in [3.8, 4) is 0 Å². The molecule has 0 bridgehead atoms. The molecule has 0 fully saturated rings. The molecule has 164 valence electrons.